The van der Waals surface area contributed by atoms with Crippen LogP contribution in [-0.4, -0.2) is 26.1 Å². The molecule has 0 fully saturated rings. The Bertz CT molecular complexity index is 808. The Morgan fingerprint density at radius 3 is 1.69 bits per heavy atom. The summed E-state index contributed by atoms with van der Waals surface area (Å²) in [6.45, 7) is 4.54. The molecule has 26 heavy (non-hydrogen) atoms. The average Bonchev–Trinajstić information content (AvgIpc) is 2.69. The van der Waals surface area contributed by atoms with Crippen LogP contribution in [0.25, 0.3) is 0 Å². The van der Waals surface area contributed by atoms with Gasteiger partial charge in [-0.15, -0.1) is 0 Å². The molecule has 0 aliphatic carbocycles. The van der Waals surface area contributed by atoms with E-state index in [2.05, 4.69) is 43.7 Å². The summed E-state index contributed by atoms with van der Waals surface area (Å²) in [7, 11) is 6.18. The maximum Gasteiger partial charge on any atom is 0.269 e. The normalized spacial score (nSPS) is 11.3. The summed E-state index contributed by atoms with van der Waals surface area (Å²) in [6.07, 6.45) is 0. The average molecular weight is 361 g/mol. The Morgan fingerprint density at radius 1 is 0.808 bits per heavy atom. The van der Waals surface area contributed by atoms with Gasteiger partial charge in [-0.1, -0.05) is 80.7 Å². The number of benzene rings is 3. The van der Waals surface area contributed by atoms with Gasteiger partial charge < -0.3 is 0 Å². The molecule has 0 spiro atoms. The van der Waals surface area contributed by atoms with E-state index >= 15 is 0 Å². The Hall–Kier alpha value is -2.45. The van der Waals surface area contributed by atoms with Gasteiger partial charge in [-0.2, -0.15) is 0 Å². The van der Waals surface area contributed by atoms with Crippen molar-refractivity contribution in [1.82, 2.24) is 0 Å². The summed E-state index contributed by atoms with van der Waals surface area (Å²) in [4.78, 5) is 10.1. The van der Waals surface area contributed by atoms with E-state index in [4.69, 9.17) is 7.85 Å². The van der Waals surface area contributed by atoms with Crippen molar-refractivity contribution in [2.24, 2.45) is 0 Å². The largest absolute Gasteiger partial charge is 0.269 e. The van der Waals surface area contributed by atoms with Crippen molar-refractivity contribution in [2.75, 3.05) is 13.3 Å². The van der Waals surface area contributed by atoms with Crippen LogP contribution in [0.2, 0.25) is 0 Å². The van der Waals surface area contributed by atoms with Crippen LogP contribution < -0.4 is 5.30 Å². The molecule has 1 unspecified atom stereocenters. The molecule has 1 atom stereocenters. The lowest BCUT2D eigenvalue weighted by Gasteiger charge is -2.12. The van der Waals surface area contributed by atoms with Crippen LogP contribution in [0, 0.1) is 10.1 Å². The van der Waals surface area contributed by atoms with Crippen molar-refractivity contribution in [2.45, 2.75) is 5.82 Å². The second-order valence-corrected chi connectivity index (χ2v) is 8.27. The maximum absolute atomic E-state index is 10.5. The van der Waals surface area contributed by atoms with E-state index in [0.29, 0.717) is 0 Å². The highest BCUT2D eigenvalue weighted by Gasteiger charge is 2.09. The quantitative estimate of drug-likeness (QED) is 0.287. The zero-order valence-electron chi connectivity index (χ0n) is 14.9. The van der Waals surface area contributed by atoms with E-state index in [1.807, 2.05) is 30.3 Å². The van der Waals surface area contributed by atoms with E-state index in [1.54, 1.807) is 12.1 Å². The van der Waals surface area contributed by atoms with E-state index in [9.17, 15) is 10.1 Å². The lowest BCUT2D eigenvalue weighted by atomic mass is 9.76. The zero-order valence-corrected chi connectivity index (χ0v) is 15.8. The molecule has 3 nitrogen and oxygen atoms in total. The van der Waals surface area contributed by atoms with Gasteiger partial charge in [0.2, 0.25) is 0 Å². The fourth-order valence-corrected chi connectivity index (χ4v) is 3.15. The fourth-order valence-electron chi connectivity index (χ4n) is 2.38. The first-order valence-electron chi connectivity index (χ1n) is 8.26. The first-order valence-corrected chi connectivity index (χ1v) is 10.5. The number of nitro groups is 1. The molecule has 0 saturated carbocycles. The Balaban J connectivity index is 0.000000228. The number of non-ortho nitro benzene ring substituents is 1. The maximum atomic E-state index is 10.5. The van der Waals surface area contributed by atoms with Gasteiger partial charge in [0.15, 0.2) is 0 Å². The van der Waals surface area contributed by atoms with E-state index in [-0.39, 0.29) is 19.4 Å². The van der Waals surface area contributed by atoms with Gasteiger partial charge in [-0.3, -0.25) is 10.1 Å². The second kappa shape index (κ2) is 9.89. The molecule has 0 amide bonds. The van der Waals surface area contributed by atoms with Gasteiger partial charge in [-0.25, -0.2) is 0 Å². The minimum atomic E-state index is -0.419. The summed E-state index contributed by atoms with van der Waals surface area (Å²) < 4.78 is 0. The first kappa shape index (κ1) is 19.9. The predicted molar refractivity (Wildman–Crippen MR) is 112 cm³/mol. The SMILES string of the molecule is CP(C)c1ccccc1.[B]C(c1ccccc1)c1ccc([N+](=O)[O-])cc1. The number of nitrogens with zero attached hydrogens (tertiary/aromatic N) is 1. The third kappa shape index (κ3) is 5.82. The lowest BCUT2D eigenvalue weighted by Crippen LogP contribution is -2.00. The molecule has 0 aliphatic rings. The number of rotatable bonds is 4. The highest BCUT2D eigenvalue weighted by atomic mass is 31.1. The summed E-state index contributed by atoms with van der Waals surface area (Å²) in [5, 5.41) is 12.0. The standard InChI is InChI=1S/C13H10BNO2.C8H11P/c14-13(10-4-2-1-3-5-10)11-6-8-12(9-7-11)15(16)17;1-9(2)8-6-4-3-5-7-8/h1-9,13H;3-7H,1-2H3. The van der Waals surface area contributed by atoms with Crippen LogP contribution in [0.4, 0.5) is 5.69 Å². The molecule has 3 rings (SSSR count). The minimum absolute atomic E-state index is 0.0778. The van der Waals surface area contributed by atoms with Crippen molar-refractivity contribution < 1.29 is 4.92 Å². The molecule has 0 saturated heterocycles. The molecule has 2 radical (unpaired) electrons. The fraction of sp³-hybridized carbons (Fsp3) is 0.143. The first-order chi connectivity index (χ1) is 12.5. The zero-order chi connectivity index (χ0) is 18.9. The van der Waals surface area contributed by atoms with Crippen LogP contribution in [0.3, 0.4) is 0 Å². The molecule has 130 valence electrons. The van der Waals surface area contributed by atoms with Crippen LogP contribution in [0.5, 0.6) is 0 Å². The van der Waals surface area contributed by atoms with Crippen LogP contribution in [-0.2, 0) is 0 Å². The highest BCUT2D eigenvalue weighted by molar-refractivity contribution is 7.64. The van der Waals surface area contributed by atoms with Gasteiger partial charge in [-0.05, 0) is 35.6 Å². The summed E-state index contributed by atoms with van der Waals surface area (Å²) in [5.41, 5.74) is 1.93. The second-order valence-electron chi connectivity index (χ2n) is 5.97. The number of hydrogen-bond acceptors (Lipinski definition) is 2. The molecule has 3 aromatic carbocycles. The Kier molecular flexibility index (Phi) is 7.56. The van der Waals surface area contributed by atoms with Crippen molar-refractivity contribution >= 4 is 26.8 Å². The van der Waals surface area contributed by atoms with Gasteiger partial charge in [0.1, 0.15) is 0 Å². The molecule has 0 aromatic heterocycles. The van der Waals surface area contributed by atoms with Crippen molar-refractivity contribution in [1.29, 1.82) is 0 Å². The molecular formula is C21H21BNO2P. The van der Waals surface area contributed by atoms with Gasteiger partial charge >= 0.3 is 0 Å². The van der Waals surface area contributed by atoms with Gasteiger partial charge in [0.25, 0.3) is 5.69 Å². The molecule has 5 heteroatoms. The molecule has 3 aromatic rings. The van der Waals surface area contributed by atoms with E-state index in [0.717, 1.165) is 11.1 Å². The smallest absolute Gasteiger partial charge is 0.258 e. The topological polar surface area (TPSA) is 43.1 Å². The van der Waals surface area contributed by atoms with Crippen molar-refractivity contribution in [3.8, 4) is 0 Å². The minimum Gasteiger partial charge on any atom is -0.258 e. The van der Waals surface area contributed by atoms with Crippen LogP contribution in [0.15, 0.2) is 84.9 Å². The number of hydrogen-bond donors (Lipinski definition) is 0. The third-order valence-corrected chi connectivity index (χ3v) is 5.23. The summed E-state index contributed by atoms with van der Waals surface area (Å²) in [5.74, 6) is -0.253. The molecule has 0 bridgehead atoms. The molecule has 0 N–H and O–H groups in total. The van der Waals surface area contributed by atoms with Crippen LogP contribution >= 0.6 is 7.92 Å². The Labute approximate surface area is 157 Å². The van der Waals surface area contributed by atoms with Gasteiger partial charge in [0.05, 0.1) is 12.8 Å². The monoisotopic (exact) mass is 361 g/mol. The lowest BCUT2D eigenvalue weighted by molar-refractivity contribution is -0.384. The van der Waals surface area contributed by atoms with Crippen molar-refractivity contribution in [3.63, 3.8) is 0 Å². The molecule has 0 aliphatic heterocycles. The predicted octanol–water partition coefficient (Wildman–Crippen LogP) is 4.91. The number of nitro benzene ring substituents is 1. The molecular weight excluding hydrogens is 340 g/mol. The highest BCUT2D eigenvalue weighted by Crippen LogP contribution is 2.23. The Morgan fingerprint density at radius 2 is 1.27 bits per heavy atom. The van der Waals surface area contributed by atoms with E-state index < -0.39 is 4.92 Å². The summed E-state index contributed by atoms with van der Waals surface area (Å²) >= 11 is 0. The molecule has 0 heterocycles. The summed E-state index contributed by atoms with van der Waals surface area (Å²) in [6, 6.07) is 26.6. The van der Waals surface area contributed by atoms with Gasteiger partial charge in [0, 0.05) is 12.1 Å². The third-order valence-electron chi connectivity index (χ3n) is 3.89. The van der Waals surface area contributed by atoms with Crippen LogP contribution in [0.1, 0.15) is 16.9 Å². The van der Waals surface area contributed by atoms with E-state index in [1.165, 1.54) is 17.4 Å². The van der Waals surface area contributed by atoms with Crippen molar-refractivity contribution in [3.05, 3.63) is 106 Å².